The maximum atomic E-state index is 12.9. The molecule has 1 aliphatic heterocycles. The third-order valence-electron chi connectivity index (χ3n) is 3.52. The Hall–Kier alpha value is -2.76. The molecule has 1 aliphatic rings. The van der Waals surface area contributed by atoms with Gasteiger partial charge in [-0.15, -0.1) is 0 Å². The second-order valence-corrected chi connectivity index (χ2v) is 5.19. The van der Waals surface area contributed by atoms with Gasteiger partial charge in [-0.25, -0.2) is 8.78 Å². The zero-order valence-electron chi connectivity index (χ0n) is 12.1. The Morgan fingerprint density at radius 3 is 2.35 bits per heavy atom. The molecule has 1 N–H and O–H groups in total. The summed E-state index contributed by atoms with van der Waals surface area (Å²) in [6.45, 7) is 0.283. The van der Waals surface area contributed by atoms with Gasteiger partial charge >= 0.3 is 0 Å². The van der Waals surface area contributed by atoms with Crippen molar-refractivity contribution in [2.45, 2.75) is 19.1 Å². The molecule has 118 valence electrons. The summed E-state index contributed by atoms with van der Waals surface area (Å²) < 4.78 is 25.7. The van der Waals surface area contributed by atoms with E-state index < -0.39 is 6.10 Å². The van der Waals surface area contributed by atoms with Crippen LogP contribution >= 0.6 is 0 Å². The van der Waals surface area contributed by atoms with E-state index in [2.05, 4.69) is 10.5 Å². The van der Waals surface area contributed by atoms with Crippen LogP contribution < -0.4 is 5.32 Å². The fourth-order valence-corrected chi connectivity index (χ4v) is 2.24. The predicted octanol–water partition coefficient (Wildman–Crippen LogP) is 2.77. The highest BCUT2D eigenvalue weighted by Gasteiger charge is 2.28. The van der Waals surface area contributed by atoms with Crippen LogP contribution in [-0.4, -0.2) is 17.7 Å². The van der Waals surface area contributed by atoms with Crippen LogP contribution in [0.3, 0.4) is 0 Å². The molecule has 23 heavy (non-hydrogen) atoms. The van der Waals surface area contributed by atoms with Crippen LogP contribution in [0.5, 0.6) is 0 Å². The molecule has 1 heterocycles. The lowest BCUT2D eigenvalue weighted by Crippen LogP contribution is -2.34. The smallest absolute Gasteiger partial charge is 0.264 e. The van der Waals surface area contributed by atoms with Gasteiger partial charge in [-0.2, -0.15) is 0 Å². The van der Waals surface area contributed by atoms with Gasteiger partial charge in [0.1, 0.15) is 11.6 Å². The zero-order chi connectivity index (χ0) is 16.2. The maximum absolute atomic E-state index is 12.9. The maximum Gasteiger partial charge on any atom is 0.264 e. The number of benzene rings is 2. The standard InChI is InChI=1S/C17H14F2N2O2/c18-13-5-1-11(2-6-13)10-20-17(22)16-9-15(21-23-16)12-3-7-14(19)8-4-12/h1-8,16H,9-10H2,(H,20,22). The normalized spacial score (nSPS) is 16.6. The quantitative estimate of drug-likeness (QED) is 0.943. The first kappa shape index (κ1) is 15.1. The largest absolute Gasteiger partial charge is 0.382 e. The number of hydrogen-bond acceptors (Lipinski definition) is 3. The summed E-state index contributed by atoms with van der Waals surface area (Å²) >= 11 is 0. The molecule has 1 amide bonds. The molecule has 0 fully saturated rings. The predicted molar refractivity (Wildman–Crippen MR) is 80.7 cm³/mol. The average Bonchev–Trinajstić information content (AvgIpc) is 3.05. The summed E-state index contributed by atoms with van der Waals surface area (Å²) in [7, 11) is 0. The number of hydrogen-bond donors (Lipinski definition) is 1. The highest BCUT2D eigenvalue weighted by molar-refractivity contribution is 6.04. The van der Waals surface area contributed by atoms with E-state index in [0.29, 0.717) is 12.1 Å². The van der Waals surface area contributed by atoms with Gasteiger partial charge in [0, 0.05) is 13.0 Å². The Kier molecular flexibility index (Phi) is 4.32. The zero-order valence-corrected chi connectivity index (χ0v) is 12.1. The summed E-state index contributed by atoms with van der Waals surface area (Å²) in [5.41, 5.74) is 2.12. The molecule has 0 spiro atoms. The van der Waals surface area contributed by atoms with E-state index in [9.17, 15) is 13.6 Å². The van der Waals surface area contributed by atoms with Gasteiger partial charge in [0.05, 0.1) is 5.71 Å². The first-order valence-corrected chi connectivity index (χ1v) is 7.12. The lowest BCUT2D eigenvalue weighted by molar-refractivity contribution is -0.131. The number of nitrogens with one attached hydrogen (secondary N) is 1. The number of carbonyl (C=O) groups is 1. The van der Waals surface area contributed by atoms with Gasteiger partial charge in [-0.1, -0.05) is 29.4 Å². The van der Waals surface area contributed by atoms with Crippen LogP contribution in [0.2, 0.25) is 0 Å². The molecule has 2 aromatic carbocycles. The third kappa shape index (κ3) is 3.71. The second kappa shape index (κ2) is 6.56. The molecule has 4 nitrogen and oxygen atoms in total. The Bertz CT molecular complexity index is 727. The first-order valence-electron chi connectivity index (χ1n) is 7.12. The molecule has 0 radical (unpaired) electrons. The van der Waals surface area contributed by atoms with Crippen molar-refractivity contribution < 1.29 is 18.4 Å². The molecular formula is C17H14F2N2O2. The van der Waals surface area contributed by atoms with Gasteiger partial charge in [-0.05, 0) is 35.4 Å². The van der Waals surface area contributed by atoms with Gasteiger partial charge in [0.15, 0.2) is 0 Å². The number of carbonyl (C=O) groups excluding carboxylic acids is 1. The monoisotopic (exact) mass is 316 g/mol. The molecule has 6 heteroatoms. The van der Waals surface area contributed by atoms with Gasteiger partial charge in [0.25, 0.3) is 5.91 Å². The Morgan fingerprint density at radius 2 is 1.70 bits per heavy atom. The van der Waals surface area contributed by atoms with Gasteiger partial charge in [-0.3, -0.25) is 4.79 Å². The Morgan fingerprint density at radius 1 is 1.09 bits per heavy atom. The molecule has 0 aliphatic carbocycles. The van der Waals surface area contributed by atoms with E-state index in [-0.39, 0.29) is 24.1 Å². The lowest BCUT2D eigenvalue weighted by atomic mass is 10.0. The molecule has 3 rings (SSSR count). The average molecular weight is 316 g/mol. The molecular weight excluding hydrogens is 302 g/mol. The first-order chi connectivity index (χ1) is 11.1. The second-order valence-electron chi connectivity index (χ2n) is 5.19. The summed E-state index contributed by atoms with van der Waals surface area (Å²) in [4.78, 5) is 17.2. The summed E-state index contributed by atoms with van der Waals surface area (Å²) in [6.07, 6.45) is -0.392. The minimum atomic E-state index is -0.712. The number of nitrogens with zero attached hydrogens (tertiary/aromatic N) is 1. The summed E-state index contributed by atoms with van der Waals surface area (Å²) in [5.74, 6) is -0.950. The molecule has 0 bridgehead atoms. The summed E-state index contributed by atoms with van der Waals surface area (Å²) in [5, 5.41) is 6.61. The van der Waals surface area contributed by atoms with Crippen LogP contribution in [-0.2, 0) is 16.2 Å². The van der Waals surface area contributed by atoms with Crippen LogP contribution in [0.15, 0.2) is 53.7 Å². The van der Waals surface area contributed by atoms with E-state index in [1.54, 1.807) is 24.3 Å². The molecule has 0 aromatic heterocycles. The molecule has 0 saturated heterocycles. The van der Waals surface area contributed by atoms with E-state index >= 15 is 0 Å². The highest BCUT2D eigenvalue weighted by atomic mass is 19.1. The van der Waals surface area contributed by atoms with Crippen molar-refractivity contribution in [2.24, 2.45) is 5.16 Å². The minimum absolute atomic E-state index is 0.283. The SMILES string of the molecule is O=C(NCc1ccc(F)cc1)C1CC(c2ccc(F)cc2)=NO1. The molecule has 0 saturated carbocycles. The summed E-state index contributed by atoms with van der Waals surface area (Å²) in [6, 6.07) is 11.7. The van der Waals surface area contributed by atoms with Crippen molar-refractivity contribution in [1.82, 2.24) is 5.32 Å². The number of oxime groups is 1. The topological polar surface area (TPSA) is 50.7 Å². The fourth-order valence-electron chi connectivity index (χ4n) is 2.24. The fraction of sp³-hybridized carbons (Fsp3) is 0.176. The van der Waals surface area contributed by atoms with E-state index in [1.807, 2.05) is 0 Å². The third-order valence-corrected chi connectivity index (χ3v) is 3.52. The van der Waals surface area contributed by atoms with Crippen molar-refractivity contribution in [3.05, 3.63) is 71.3 Å². The highest BCUT2D eigenvalue weighted by Crippen LogP contribution is 2.17. The molecule has 2 aromatic rings. The Labute approximate surface area is 131 Å². The van der Waals surface area contributed by atoms with Crippen molar-refractivity contribution in [1.29, 1.82) is 0 Å². The van der Waals surface area contributed by atoms with Crippen LogP contribution in [0.25, 0.3) is 0 Å². The van der Waals surface area contributed by atoms with Gasteiger partial charge < -0.3 is 10.2 Å². The Balaban J connectivity index is 1.54. The van der Waals surface area contributed by atoms with Crippen LogP contribution in [0.1, 0.15) is 17.5 Å². The van der Waals surface area contributed by atoms with E-state index in [0.717, 1.165) is 11.1 Å². The van der Waals surface area contributed by atoms with Crippen LogP contribution in [0.4, 0.5) is 8.78 Å². The van der Waals surface area contributed by atoms with Crippen molar-refractivity contribution >= 4 is 11.6 Å². The van der Waals surface area contributed by atoms with E-state index in [4.69, 9.17) is 4.84 Å². The number of rotatable bonds is 4. The lowest BCUT2D eigenvalue weighted by Gasteiger charge is -2.09. The van der Waals surface area contributed by atoms with Crippen molar-refractivity contribution in [2.75, 3.05) is 0 Å². The van der Waals surface area contributed by atoms with Crippen molar-refractivity contribution in [3.8, 4) is 0 Å². The molecule has 1 unspecified atom stereocenters. The number of halogens is 2. The molecule has 1 atom stereocenters. The van der Waals surface area contributed by atoms with E-state index in [1.165, 1.54) is 24.3 Å². The van der Waals surface area contributed by atoms with Crippen molar-refractivity contribution in [3.63, 3.8) is 0 Å². The minimum Gasteiger partial charge on any atom is -0.382 e. The van der Waals surface area contributed by atoms with Gasteiger partial charge in [0.2, 0.25) is 6.10 Å². The number of amides is 1. The van der Waals surface area contributed by atoms with Crippen LogP contribution in [0, 0.1) is 11.6 Å².